The summed E-state index contributed by atoms with van der Waals surface area (Å²) in [5, 5.41) is 4.57. The summed E-state index contributed by atoms with van der Waals surface area (Å²) in [7, 11) is 0. The second-order valence-electron chi connectivity index (χ2n) is 6.90. The highest BCUT2D eigenvalue weighted by Crippen LogP contribution is 2.37. The van der Waals surface area contributed by atoms with E-state index in [9.17, 15) is 0 Å². The molecule has 0 radical (unpaired) electrons. The molecule has 2 rings (SSSR count). The molecule has 0 aliphatic rings. The summed E-state index contributed by atoms with van der Waals surface area (Å²) in [5.41, 5.74) is 3.26. The van der Waals surface area contributed by atoms with Gasteiger partial charge in [0.05, 0.1) is 0 Å². The first-order valence-electron chi connectivity index (χ1n) is 6.36. The normalized spacial score (nSPS) is 13.0. The fourth-order valence-corrected chi connectivity index (χ4v) is 3.78. The van der Waals surface area contributed by atoms with Crippen LogP contribution in [0.4, 0.5) is 0 Å². The average Bonchev–Trinajstić information content (AvgIpc) is 2.84. The van der Waals surface area contributed by atoms with Crippen molar-refractivity contribution in [3.8, 4) is 11.1 Å². The van der Waals surface area contributed by atoms with Crippen LogP contribution < -0.4 is 0 Å². The second kappa shape index (κ2) is 4.50. The standard InChI is InChI=1S/C16H22S2/c1-15(2,3)13-7-11(9-17-13)12-8-14(18-10-12)16(4,5)6/h7-10H,1-6H3. The predicted octanol–water partition coefficient (Wildman–Crippen LogP) is 6.07. The zero-order chi connectivity index (χ0) is 13.6. The molecule has 0 aliphatic heterocycles. The summed E-state index contributed by atoms with van der Waals surface area (Å²) in [6.45, 7) is 13.6. The third-order valence-corrected chi connectivity index (χ3v) is 5.72. The Morgan fingerprint density at radius 2 is 1.00 bits per heavy atom. The summed E-state index contributed by atoms with van der Waals surface area (Å²) in [6.07, 6.45) is 0. The van der Waals surface area contributed by atoms with Crippen molar-refractivity contribution in [2.45, 2.75) is 52.4 Å². The maximum Gasteiger partial charge on any atom is 0.0105 e. The molecule has 0 unspecified atom stereocenters. The summed E-state index contributed by atoms with van der Waals surface area (Å²) < 4.78 is 0. The summed E-state index contributed by atoms with van der Waals surface area (Å²) >= 11 is 3.75. The monoisotopic (exact) mass is 278 g/mol. The number of thiophene rings is 2. The quantitative estimate of drug-likeness (QED) is 0.593. The van der Waals surface area contributed by atoms with Gasteiger partial charge in [0, 0.05) is 9.75 Å². The molecule has 0 saturated carbocycles. The minimum Gasteiger partial charge on any atom is -0.148 e. The van der Waals surface area contributed by atoms with Gasteiger partial charge in [0.2, 0.25) is 0 Å². The molecule has 0 aliphatic carbocycles. The Bertz CT molecular complexity index is 480. The minimum absolute atomic E-state index is 0.256. The Morgan fingerprint density at radius 3 is 1.22 bits per heavy atom. The van der Waals surface area contributed by atoms with Crippen LogP contribution in [0.15, 0.2) is 22.9 Å². The second-order valence-corrected chi connectivity index (χ2v) is 8.72. The maximum atomic E-state index is 2.35. The molecule has 2 aromatic heterocycles. The van der Waals surface area contributed by atoms with E-state index in [1.165, 1.54) is 20.9 Å². The van der Waals surface area contributed by atoms with Crippen LogP contribution in [-0.2, 0) is 10.8 Å². The van der Waals surface area contributed by atoms with Crippen LogP contribution in [0, 0.1) is 0 Å². The van der Waals surface area contributed by atoms with Gasteiger partial charge in [0.25, 0.3) is 0 Å². The molecule has 18 heavy (non-hydrogen) atoms. The summed E-state index contributed by atoms with van der Waals surface area (Å²) in [5.74, 6) is 0. The third kappa shape index (κ3) is 2.86. The van der Waals surface area contributed by atoms with Gasteiger partial charge in [0.15, 0.2) is 0 Å². The van der Waals surface area contributed by atoms with Crippen molar-refractivity contribution in [3.63, 3.8) is 0 Å². The predicted molar refractivity (Wildman–Crippen MR) is 85.0 cm³/mol. The smallest absolute Gasteiger partial charge is 0.0105 e. The molecular weight excluding hydrogens is 256 g/mol. The van der Waals surface area contributed by atoms with Gasteiger partial charge in [-0.3, -0.25) is 0 Å². The molecule has 2 aromatic rings. The van der Waals surface area contributed by atoms with E-state index < -0.39 is 0 Å². The van der Waals surface area contributed by atoms with E-state index in [2.05, 4.69) is 64.4 Å². The first-order valence-corrected chi connectivity index (χ1v) is 8.12. The molecule has 0 aromatic carbocycles. The van der Waals surface area contributed by atoms with E-state index in [0.29, 0.717) is 0 Å². The summed E-state index contributed by atoms with van der Waals surface area (Å²) in [6, 6.07) is 4.69. The fraction of sp³-hybridized carbons (Fsp3) is 0.500. The summed E-state index contributed by atoms with van der Waals surface area (Å²) in [4.78, 5) is 2.92. The molecule has 0 atom stereocenters. The van der Waals surface area contributed by atoms with Crippen LogP contribution in [-0.4, -0.2) is 0 Å². The highest BCUT2D eigenvalue weighted by molar-refractivity contribution is 7.11. The van der Waals surface area contributed by atoms with E-state index in [1.54, 1.807) is 0 Å². The van der Waals surface area contributed by atoms with Crippen molar-refractivity contribution in [3.05, 3.63) is 32.6 Å². The van der Waals surface area contributed by atoms with E-state index in [-0.39, 0.29) is 10.8 Å². The topological polar surface area (TPSA) is 0 Å². The largest absolute Gasteiger partial charge is 0.148 e. The lowest BCUT2D eigenvalue weighted by Crippen LogP contribution is -2.08. The molecule has 0 nitrogen and oxygen atoms in total. The van der Waals surface area contributed by atoms with Gasteiger partial charge in [-0.25, -0.2) is 0 Å². The molecule has 2 heteroatoms. The van der Waals surface area contributed by atoms with Crippen molar-refractivity contribution in [2.75, 3.05) is 0 Å². The molecule has 98 valence electrons. The van der Waals surface area contributed by atoms with Crippen LogP contribution in [0.1, 0.15) is 51.3 Å². The SMILES string of the molecule is CC(C)(C)c1cc(-c2csc(C(C)(C)C)c2)cs1. The van der Waals surface area contributed by atoms with Crippen LogP contribution in [0.3, 0.4) is 0 Å². The minimum atomic E-state index is 0.256. The Morgan fingerprint density at radius 1 is 0.667 bits per heavy atom. The number of hydrogen-bond donors (Lipinski definition) is 0. The van der Waals surface area contributed by atoms with Crippen LogP contribution in [0.2, 0.25) is 0 Å². The molecule has 0 bridgehead atoms. The van der Waals surface area contributed by atoms with Gasteiger partial charge >= 0.3 is 0 Å². The van der Waals surface area contributed by atoms with Crippen molar-refractivity contribution in [1.82, 2.24) is 0 Å². The number of hydrogen-bond acceptors (Lipinski definition) is 2. The van der Waals surface area contributed by atoms with Gasteiger partial charge in [-0.2, -0.15) is 0 Å². The number of rotatable bonds is 1. The lowest BCUT2D eigenvalue weighted by molar-refractivity contribution is 0.603. The highest BCUT2D eigenvalue weighted by Gasteiger charge is 2.19. The maximum absolute atomic E-state index is 2.35. The molecule has 0 fully saturated rings. The van der Waals surface area contributed by atoms with Crippen molar-refractivity contribution < 1.29 is 0 Å². The van der Waals surface area contributed by atoms with Crippen molar-refractivity contribution in [2.24, 2.45) is 0 Å². The molecule has 0 saturated heterocycles. The highest BCUT2D eigenvalue weighted by atomic mass is 32.1. The van der Waals surface area contributed by atoms with E-state index in [0.717, 1.165) is 0 Å². The molecule has 0 N–H and O–H groups in total. The third-order valence-electron chi connectivity index (χ3n) is 3.01. The molecule has 2 heterocycles. The Hall–Kier alpha value is -0.600. The lowest BCUT2D eigenvalue weighted by Gasteiger charge is -2.15. The van der Waals surface area contributed by atoms with Crippen molar-refractivity contribution in [1.29, 1.82) is 0 Å². The Kier molecular flexibility index (Phi) is 3.46. The zero-order valence-corrected chi connectivity index (χ0v) is 13.8. The molecular formula is C16H22S2. The van der Waals surface area contributed by atoms with Crippen LogP contribution in [0.5, 0.6) is 0 Å². The van der Waals surface area contributed by atoms with Gasteiger partial charge in [0.1, 0.15) is 0 Å². The van der Waals surface area contributed by atoms with Crippen LogP contribution >= 0.6 is 22.7 Å². The van der Waals surface area contributed by atoms with Gasteiger partial charge in [-0.15, -0.1) is 22.7 Å². The molecule has 0 amide bonds. The van der Waals surface area contributed by atoms with Crippen LogP contribution in [0.25, 0.3) is 11.1 Å². The average molecular weight is 278 g/mol. The first-order chi connectivity index (χ1) is 8.18. The molecule has 0 spiro atoms. The van der Waals surface area contributed by atoms with Gasteiger partial charge < -0.3 is 0 Å². The Labute approximate surface area is 119 Å². The van der Waals surface area contributed by atoms with E-state index in [4.69, 9.17) is 0 Å². The van der Waals surface area contributed by atoms with Gasteiger partial charge in [-0.1, -0.05) is 41.5 Å². The first kappa shape index (κ1) is 13.8. The zero-order valence-electron chi connectivity index (χ0n) is 12.1. The van der Waals surface area contributed by atoms with Gasteiger partial charge in [-0.05, 0) is 44.8 Å². The van der Waals surface area contributed by atoms with E-state index >= 15 is 0 Å². The van der Waals surface area contributed by atoms with E-state index in [1.807, 2.05) is 22.7 Å². The fourth-order valence-electron chi connectivity index (χ4n) is 1.76. The Balaban J connectivity index is 2.33. The lowest BCUT2D eigenvalue weighted by atomic mass is 9.92. The van der Waals surface area contributed by atoms with Crippen molar-refractivity contribution >= 4 is 22.7 Å².